The van der Waals surface area contributed by atoms with Gasteiger partial charge in [-0.2, -0.15) is 0 Å². The van der Waals surface area contributed by atoms with E-state index in [9.17, 15) is 4.79 Å². The molecule has 0 fully saturated rings. The number of hydrogen-bond acceptors (Lipinski definition) is 2. The molecule has 2 rings (SSSR count). The third-order valence-electron chi connectivity index (χ3n) is 3.41. The third-order valence-corrected chi connectivity index (χ3v) is 3.41. The van der Waals surface area contributed by atoms with Crippen molar-refractivity contribution in [1.82, 2.24) is 0 Å². The van der Waals surface area contributed by atoms with Crippen LogP contribution in [-0.4, -0.2) is 6.03 Å². The van der Waals surface area contributed by atoms with Gasteiger partial charge in [0.25, 0.3) is 0 Å². The standard InChI is InChI=1S/C17H21N3O/c1-11-7-8-16(12(2)9-11)13(3)19-14-5-4-6-15(10-14)20-17(18)21/h4-10,13,19H,1-3H3,(H3,18,20,21). The molecule has 0 aliphatic rings. The minimum Gasteiger partial charge on any atom is -0.378 e. The number of carbonyl (C=O) groups excluding carboxylic acids is 1. The fourth-order valence-corrected chi connectivity index (χ4v) is 2.47. The number of carbonyl (C=O) groups is 1. The molecule has 1 atom stereocenters. The van der Waals surface area contributed by atoms with Crippen molar-refractivity contribution in [2.45, 2.75) is 26.8 Å². The maximum absolute atomic E-state index is 10.9. The molecule has 4 nitrogen and oxygen atoms in total. The van der Waals surface area contributed by atoms with Gasteiger partial charge in [-0.25, -0.2) is 4.79 Å². The number of hydrogen-bond donors (Lipinski definition) is 3. The summed E-state index contributed by atoms with van der Waals surface area (Å²) in [4.78, 5) is 10.9. The van der Waals surface area contributed by atoms with Crippen LogP contribution in [0.1, 0.15) is 29.7 Å². The molecule has 2 amide bonds. The second-order valence-electron chi connectivity index (χ2n) is 5.30. The van der Waals surface area contributed by atoms with E-state index < -0.39 is 6.03 Å². The zero-order chi connectivity index (χ0) is 15.4. The van der Waals surface area contributed by atoms with Gasteiger partial charge in [-0.3, -0.25) is 0 Å². The average molecular weight is 283 g/mol. The highest BCUT2D eigenvalue weighted by Crippen LogP contribution is 2.24. The summed E-state index contributed by atoms with van der Waals surface area (Å²) in [6, 6.07) is 13.6. The molecular formula is C17H21N3O. The minimum absolute atomic E-state index is 0.175. The van der Waals surface area contributed by atoms with Crippen LogP contribution in [0.15, 0.2) is 42.5 Å². The number of urea groups is 1. The van der Waals surface area contributed by atoms with Gasteiger partial charge in [0, 0.05) is 17.4 Å². The van der Waals surface area contributed by atoms with Gasteiger partial charge in [0.1, 0.15) is 0 Å². The molecule has 0 aliphatic carbocycles. The first-order valence-corrected chi connectivity index (χ1v) is 6.96. The summed E-state index contributed by atoms with van der Waals surface area (Å²) >= 11 is 0. The Balaban J connectivity index is 2.15. The predicted molar refractivity (Wildman–Crippen MR) is 87.6 cm³/mol. The highest BCUT2D eigenvalue weighted by molar-refractivity contribution is 5.88. The molecule has 0 saturated carbocycles. The van der Waals surface area contributed by atoms with Crippen LogP contribution in [0.3, 0.4) is 0 Å². The molecule has 0 aliphatic heterocycles. The zero-order valence-electron chi connectivity index (χ0n) is 12.6. The Labute approximate surface area is 125 Å². The van der Waals surface area contributed by atoms with E-state index in [-0.39, 0.29) is 6.04 Å². The molecule has 0 spiro atoms. The van der Waals surface area contributed by atoms with Gasteiger partial charge in [-0.05, 0) is 50.1 Å². The first-order valence-electron chi connectivity index (χ1n) is 6.96. The van der Waals surface area contributed by atoms with Gasteiger partial charge in [0.2, 0.25) is 0 Å². The summed E-state index contributed by atoms with van der Waals surface area (Å²) in [5.74, 6) is 0. The normalized spacial score (nSPS) is 11.8. The van der Waals surface area contributed by atoms with Crippen molar-refractivity contribution in [3.63, 3.8) is 0 Å². The lowest BCUT2D eigenvalue weighted by molar-refractivity contribution is 0.259. The predicted octanol–water partition coefficient (Wildman–Crippen LogP) is 3.97. The van der Waals surface area contributed by atoms with E-state index in [0.29, 0.717) is 5.69 Å². The van der Waals surface area contributed by atoms with Gasteiger partial charge >= 0.3 is 6.03 Å². The van der Waals surface area contributed by atoms with Crippen LogP contribution in [-0.2, 0) is 0 Å². The molecule has 1 unspecified atom stereocenters. The maximum Gasteiger partial charge on any atom is 0.316 e. The molecule has 2 aromatic rings. The quantitative estimate of drug-likeness (QED) is 0.794. The van der Waals surface area contributed by atoms with Crippen molar-refractivity contribution in [2.75, 3.05) is 10.6 Å². The molecular weight excluding hydrogens is 262 g/mol. The van der Waals surface area contributed by atoms with Crippen LogP contribution in [0.25, 0.3) is 0 Å². The van der Waals surface area contributed by atoms with Gasteiger partial charge in [-0.1, -0.05) is 29.8 Å². The topological polar surface area (TPSA) is 67.2 Å². The summed E-state index contributed by atoms with van der Waals surface area (Å²) in [5.41, 5.74) is 10.5. The zero-order valence-corrected chi connectivity index (χ0v) is 12.6. The van der Waals surface area contributed by atoms with Gasteiger partial charge < -0.3 is 16.4 Å². The summed E-state index contributed by atoms with van der Waals surface area (Å²) in [6.07, 6.45) is 0. The van der Waals surface area contributed by atoms with E-state index in [1.165, 1.54) is 16.7 Å². The number of nitrogens with one attached hydrogen (secondary N) is 2. The highest BCUT2D eigenvalue weighted by atomic mass is 16.2. The van der Waals surface area contributed by atoms with E-state index in [0.717, 1.165) is 5.69 Å². The summed E-state index contributed by atoms with van der Waals surface area (Å²) in [6.45, 7) is 6.32. The molecule has 4 heteroatoms. The number of rotatable bonds is 4. The summed E-state index contributed by atoms with van der Waals surface area (Å²) in [7, 11) is 0. The van der Waals surface area contributed by atoms with E-state index >= 15 is 0 Å². The van der Waals surface area contributed by atoms with Crippen LogP contribution >= 0.6 is 0 Å². The Bertz CT molecular complexity index is 652. The number of amides is 2. The van der Waals surface area contributed by atoms with Crippen molar-refractivity contribution in [3.8, 4) is 0 Å². The molecule has 0 heterocycles. The molecule has 110 valence electrons. The Morgan fingerprint density at radius 2 is 1.81 bits per heavy atom. The van der Waals surface area contributed by atoms with Crippen molar-refractivity contribution < 1.29 is 4.79 Å². The molecule has 2 aromatic carbocycles. The van der Waals surface area contributed by atoms with Crippen molar-refractivity contribution in [3.05, 3.63) is 59.2 Å². The van der Waals surface area contributed by atoms with E-state index in [1.54, 1.807) is 6.07 Å². The second kappa shape index (κ2) is 6.31. The summed E-state index contributed by atoms with van der Waals surface area (Å²) in [5, 5.41) is 6.02. The third kappa shape index (κ3) is 3.99. The van der Waals surface area contributed by atoms with Crippen LogP contribution in [0.5, 0.6) is 0 Å². The van der Waals surface area contributed by atoms with E-state index in [2.05, 4.69) is 49.6 Å². The van der Waals surface area contributed by atoms with Crippen molar-refractivity contribution >= 4 is 17.4 Å². The lowest BCUT2D eigenvalue weighted by Gasteiger charge is -2.19. The molecule has 0 radical (unpaired) electrons. The number of nitrogens with two attached hydrogens (primary N) is 1. The number of benzene rings is 2. The minimum atomic E-state index is -0.561. The van der Waals surface area contributed by atoms with Gasteiger partial charge in [0.05, 0.1) is 0 Å². The van der Waals surface area contributed by atoms with E-state index in [4.69, 9.17) is 5.73 Å². The highest BCUT2D eigenvalue weighted by Gasteiger charge is 2.08. The SMILES string of the molecule is Cc1ccc(C(C)Nc2cccc(NC(N)=O)c2)c(C)c1. The molecule has 0 aromatic heterocycles. The maximum atomic E-state index is 10.9. The fourth-order valence-electron chi connectivity index (χ4n) is 2.47. The molecule has 0 bridgehead atoms. The van der Waals surface area contributed by atoms with E-state index in [1.807, 2.05) is 18.2 Å². The first-order chi connectivity index (χ1) is 9.95. The number of aryl methyl sites for hydroxylation is 2. The molecule has 21 heavy (non-hydrogen) atoms. The fraction of sp³-hybridized carbons (Fsp3) is 0.235. The molecule has 4 N–H and O–H groups in total. The van der Waals surface area contributed by atoms with Crippen molar-refractivity contribution in [1.29, 1.82) is 0 Å². The van der Waals surface area contributed by atoms with Crippen LogP contribution in [0, 0.1) is 13.8 Å². The lowest BCUT2D eigenvalue weighted by Crippen LogP contribution is -2.19. The van der Waals surface area contributed by atoms with Crippen LogP contribution in [0.2, 0.25) is 0 Å². The molecule has 0 saturated heterocycles. The Hall–Kier alpha value is -2.49. The van der Waals surface area contributed by atoms with Crippen LogP contribution < -0.4 is 16.4 Å². The monoisotopic (exact) mass is 283 g/mol. The number of anilines is 2. The Kier molecular flexibility index (Phi) is 4.48. The van der Waals surface area contributed by atoms with Gasteiger partial charge in [-0.15, -0.1) is 0 Å². The van der Waals surface area contributed by atoms with Crippen LogP contribution in [0.4, 0.5) is 16.2 Å². The average Bonchev–Trinajstić information content (AvgIpc) is 2.37. The smallest absolute Gasteiger partial charge is 0.316 e. The second-order valence-corrected chi connectivity index (χ2v) is 5.30. The number of primary amides is 1. The van der Waals surface area contributed by atoms with Crippen molar-refractivity contribution in [2.24, 2.45) is 5.73 Å². The Morgan fingerprint density at radius 3 is 2.48 bits per heavy atom. The first kappa shape index (κ1) is 14.9. The van der Waals surface area contributed by atoms with Gasteiger partial charge in [0.15, 0.2) is 0 Å². The summed E-state index contributed by atoms with van der Waals surface area (Å²) < 4.78 is 0. The Morgan fingerprint density at radius 1 is 1.10 bits per heavy atom. The largest absolute Gasteiger partial charge is 0.378 e. The lowest BCUT2D eigenvalue weighted by atomic mass is 10.00.